The fourth-order valence-corrected chi connectivity index (χ4v) is 2.89. The van der Waals surface area contributed by atoms with Gasteiger partial charge in [0.15, 0.2) is 17.3 Å². The van der Waals surface area contributed by atoms with E-state index in [9.17, 15) is 9.59 Å². The lowest BCUT2D eigenvalue weighted by atomic mass is 9.79. The van der Waals surface area contributed by atoms with Gasteiger partial charge in [0.25, 0.3) is 1.43 Å². The average Bonchev–Trinajstić information content (AvgIpc) is 2.47. The molecule has 0 aromatic heterocycles. The standard InChI is InChI=1S/C18H23NO3/c1-12-7-17(22)13(8-16(12)21)5-4-6-19-14-9-15(20)11-18(2,3)10-14/h7-9,20H,4-6,10-11H2,1-3H3/p+1/i/hD. The van der Waals surface area contributed by atoms with E-state index in [-0.39, 0.29) is 17.0 Å². The Kier molecular flexibility index (Phi) is 4.36. The quantitative estimate of drug-likeness (QED) is 0.598. The Labute approximate surface area is 132 Å². The van der Waals surface area contributed by atoms with Crippen LogP contribution in [-0.4, -0.2) is 28.9 Å². The van der Waals surface area contributed by atoms with E-state index in [0.717, 1.165) is 25.0 Å². The number of aliphatic hydroxyl groups excluding tert-OH is 1. The Morgan fingerprint density at radius 2 is 2.00 bits per heavy atom. The van der Waals surface area contributed by atoms with Crippen LogP contribution in [0.15, 0.2) is 35.1 Å². The molecule has 0 atom stereocenters. The van der Waals surface area contributed by atoms with E-state index in [4.69, 9.17) is 1.43 Å². The van der Waals surface area contributed by atoms with E-state index in [0.29, 0.717) is 29.9 Å². The summed E-state index contributed by atoms with van der Waals surface area (Å²) in [7, 11) is 0. The predicted molar refractivity (Wildman–Crippen MR) is 85.7 cm³/mol. The number of allylic oxidation sites excluding steroid dienone is 6. The molecule has 0 unspecified atom stereocenters. The van der Waals surface area contributed by atoms with Crippen LogP contribution in [0.5, 0.6) is 0 Å². The molecular formula is C18H24NO3+. The van der Waals surface area contributed by atoms with Gasteiger partial charge < -0.3 is 5.11 Å². The van der Waals surface area contributed by atoms with E-state index in [2.05, 4.69) is 23.9 Å². The summed E-state index contributed by atoms with van der Waals surface area (Å²) in [5, 5.41) is 4.65. The highest BCUT2D eigenvalue weighted by Crippen LogP contribution is 2.31. The van der Waals surface area contributed by atoms with Gasteiger partial charge in [-0.25, -0.2) is 4.99 Å². The van der Waals surface area contributed by atoms with Gasteiger partial charge in [0.1, 0.15) is 6.54 Å². The van der Waals surface area contributed by atoms with Gasteiger partial charge in [0.05, 0.1) is 5.76 Å². The molecule has 0 aromatic carbocycles. The molecule has 118 valence electrons. The summed E-state index contributed by atoms with van der Waals surface area (Å²) in [5.74, 6) is 0.537. The van der Waals surface area contributed by atoms with E-state index in [1.807, 2.05) is 6.08 Å². The zero-order valence-electron chi connectivity index (χ0n) is 14.5. The molecule has 0 aliphatic heterocycles. The maximum Gasteiger partial charge on any atom is 0.293 e. The van der Waals surface area contributed by atoms with Gasteiger partial charge in [-0.2, -0.15) is 0 Å². The Morgan fingerprint density at radius 1 is 1.23 bits per heavy atom. The van der Waals surface area contributed by atoms with Crippen LogP contribution in [-0.2, 0) is 9.59 Å². The summed E-state index contributed by atoms with van der Waals surface area (Å²) < 4.78 is 7.08. The Balaban J connectivity index is 1.91. The molecule has 0 aromatic rings. The Hall–Kier alpha value is -1.97. The molecule has 0 saturated heterocycles. The second-order valence-corrected chi connectivity index (χ2v) is 6.91. The Bertz CT molecular complexity index is 639. The van der Waals surface area contributed by atoms with Crippen LogP contribution < -0.4 is 4.99 Å². The highest BCUT2D eigenvalue weighted by atomic mass is 16.3. The number of ketones is 2. The summed E-state index contributed by atoms with van der Waals surface area (Å²) in [4.78, 5) is 26.8. The monoisotopic (exact) mass is 303 g/mol. The molecule has 2 aliphatic carbocycles. The lowest BCUT2D eigenvalue weighted by molar-refractivity contribution is -0.458. The number of hydrogen-bond donors (Lipinski definition) is 2. The van der Waals surface area contributed by atoms with Crippen LogP contribution in [0.1, 0.15) is 46.5 Å². The largest absolute Gasteiger partial charge is 0.512 e. The number of aliphatic hydroxyl groups is 1. The van der Waals surface area contributed by atoms with Gasteiger partial charge in [-0.3, -0.25) is 9.59 Å². The molecule has 0 spiro atoms. The van der Waals surface area contributed by atoms with Crippen LogP contribution in [0.25, 0.3) is 1.43 Å². The maximum absolute atomic E-state index is 11.8. The highest BCUT2D eigenvalue weighted by Gasteiger charge is 2.28. The van der Waals surface area contributed by atoms with Gasteiger partial charge in [0.2, 0.25) is 0 Å². The van der Waals surface area contributed by atoms with Crippen molar-refractivity contribution in [3.63, 3.8) is 0 Å². The van der Waals surface area contributed by atoms with Gasteiger partial charge in [-0.1, -0.05) is 13.8 Å². The number of carbonyl (C=O) groups is 2. The molecule has 0 saturated carbocycles. The van der Waals surface area contributed by atoms with Crippen molar-refractivity contribution >= 4 is 17.3 Å². The van der Waals surface area contributed by atoms with Gasteiger partial charge in [-0.15, -0.1) is 0 Å². The summed E-state index contributed by atoms with van der Waals surface area (Å²) in [6.45, 7) is 6.67. The first kappa shape index (κ1) is 14.9. The Morgan fingerprint density at radius 3 is 2.73 bits per heavy atom. The number of nitrogens with one attached hydrogen (secondary N) is 1. The van der Waals surface area contributed by atoms with E-state index < -0.39 is 0 Å². The fraction of sp³-hybridized carbons (Fsp3) is 0.500. The zero-order chi connectivity index (χ0) is 17.0. The third kappa shape index (κ3) is 4.26. The minimum absolute atomic E-state index is 0.0571. The zero-order valence-corrected chi connectivity index (χ0v) is 13.5. The number of hydrogen-bond acceptors (Lipinski definition) is 3. The second kappa shape index (κ2) is 6.42. The van der Waals surface area contributed by atoms with Crippen LogP contribution in [0.2, 0.25) is 0 Å². The third-order valence-corrected chi connectivity index (χ3v) is 3.99. The normalized spacial score (nSPS) is 23.7. The van der Waals surface area contributed by atoms with Crippen LogP contribution in [0.3, 0.4) is 0 Å². The molecule has 0 fully saturated rings. The minimum Gasteiger partial charge on any atom is -0.512 e. The molecule has 4 nitrogen and oxygen atoms in total. The lowest BCUT2D eigenvalue weighted by Gasteiger charge is -2.25. The molecule has 0 amide bonds. The molecule has 2 aliphatic rings. The van der Waals surface area contributed by atoms with Crippen molar-refractivity contribution in [3.8, 4) is 0 Å². The first-order valence-electron chi connectivity index (χ1n) is 8.12. The van der Waals surface area contributed by atoms with Crippen molar-refractivity contribution < 1.29 is 19.7 Å². The molecule has 2 N–H and O–H groups in total. The first-order valence-corrected chi connectivity index (χ1v) is 7.72. The summed E-state index contributed by atoms with van der Waals surface area (Å²) in [6, 6.07) is 0. The molecular weight excluding hydrogens is 278 g/mol. The van der Waals surface area contributed by atoms with E-state index >= 15 is 0 Å². The lowest BCUT2D eigenvalue weighted by Crippen LogP contribution is -2.73. The summed E-state index contributed by atoms with van der Waals surface area (Å²) in [6.07, 6.45) is 7.79. The SMILES string of the molecule is [2H]OC1=CC(=[NH+]CCCC2=CC(=O)C(C)=CC2=O)CC(C)(C)C1. The summed E-state index contributed by atoms with van der Waals surface area (Å²) >= 11 is 0. The van der Waals surface area contributed by atoms with Crippen molar-refractivity contribution in [1.29, 1.82) is 1.43 Å². The van der Waals surface area contributed by atoms with Crippen molar-refractivity contribution in [2.45, 2.75) is 46.5 Å². The number of carbonyl (C=O) groups excluding carboxylic acids is 2. The van der Waals surface area contributed by atoms with Gasteiger partial charge >= 0.3 is 0 Å². The van der Waals surface area contributed by atoms with Crippen LogP contribution in [0, 0.1) is 5.41 Å². The van der Waals surface area contributed by atoms with Gasteiger partial charge in [-0.05, 0) is 30.9 Å². The third-order valence-electron chi connectivity index (χ3n) is 3.99. The minimum atomic E-state index is -0.0730. The number of rotatable bonds is 5. The van der Waals surface area contributed by atoms with Crippen molar-refractivity contribution in [1.82, 2.24) is 0 Å². The topological polar surface area (TPSA) is 68.3 Å². The van der Waals surface area contributed by atoms with Crippen LogP contribution >= 0.6 is 0 Å². The molecule has 4 heteroatoms. The van der Waals surface area contributed by atoms with Crippen molar-refractivity contribution in [2.24, 2.45) is 5.41 Å². The first-order chi connectivity index (χ1) is 10.8. The maximum atomic E-state index is 11.8. The molecule has 0 heterocycles. The smallest absolute Gasteiger partial charge is 0.293 e. The molecule has 0 radical (unpaired) electrons. The average molecular weight is 303 g/mol. The molecule has 0 bridgehead atoms. The van der Waals surface area contributed by atoms with E-state index in [1.165, 1.54) is 12.2 Å². The fourth-order valence-electron chi connectivity index (χ4n) is 2.89. The van der Waals surface area contributed by atoms with Crippen LogP contribution in [0.4, 0.5) is 0 Å². The second-order valence-electron chi connectivity index (χ2n) is 6.91. The molecule has 2 rings (SSSR count). The van der Waals surface area contributed by atoms with Crippen molar-refractivity contribution in [2.75, 3.05) is 6.54 Å². The van der Waals surface area contributed by atoms with E-state index in [1.54, 1.807) is 6.92 Å². The van der Waals surface area contributed by atoms with Crippen molar-refractivity contribution in [3.05, 3.63) is 35.1 Å². The predicted octanol–water partition coefficient (Wildman–Crippen LogP) is 1.57. The molecule has 22 heavy (non-hydrogen) atoms. The highest BCUT2D eigenvalue weighted by molar-refractivity contribution is 6.19. The summed E-state index contributed by atoms with van der Waals surface area (Å²) in [5.41, 5.74) is 2.22. The van der Waals surface area contributed by atoms with Gasteiger partial charge in [0, 0.05) is 36.5 Å².